The summed E-state index contributed by atoms with van der Waals surface area (Å²) in [6.07, 6.45) is -4.54. The first-order valence-corrected chi connectivity index (χ1v) is 17.9. The SMILES string of the molecule is C=CC(C)(C)OC[C@H]1O[C@H](O[C@@H]2C3=C([C@H](C)COC(C)=O)C[C@H](OC(C)=O)[C@]3(C)C=C3[C@@H](COC)CC[C@H]3[C@@H](C)[C@H]2O)[C@@H](O)[C@@H](O)[C@@H]1OC(C)=O. The number of esters is 3. The molecule has 0 aromatic heterocycles. The molecule has 13 atom stereocenters. The average molecular weight is 723 g/mol. The highest BCUT2D eigenvalue weighted by molar-refractivity contribution is 5.67. The highest BCUT2D eigenvalue weighted by atomic mass is 16.7. The Morgan fingerprint density at radius 3 is 2.29 bits per heavy atom. The Kier molecular flexibility index (Phi) is 13.4. The van der Waals surface area contributed by atoms with E-state index in [4.69, 9.17) is 33.2 Å². The smallest absolute Gasteiger partial charge is 0.303 e. The Morgan fingerprint density at radius 1 is 1.04 bits per heavy atom. The molecule has 288 valence electrons. The predicted molar refractivity (Wildman–Crippen MR) is 184 cm³/mol. The molecule has 3 aliphatic carbocycles. The first-order valence-electron chi connectivity index (χ1n) is 17.9. The van der Waals surface area contributed by atoms with E-state index in [1.807, 2.05) is 20.8 Å². The molecule has 0 unspecified atom stereocenters. The summed E-state index contributed by atoms with van der Waals surface area (Å²) in [5, 5.41) is 35.2. The molecule has 1 heterocycles. The zero-order chi connectivity index (χ0) is 38.0. The molecule has 2 fully saturated rings. The van der Waals surface area contributed by atoms with Crippen LogP contribution in [-0.2, 0) is 47.5 Å². The fourth-order valence-electron chi connectivity index (χ4n) is 8.23. The first-order chi connectivity index (χ1) is 23.8. The Labute approximate surface area is 301 Å². The van der Waals surface area contributed by atoms with Crippen LogP contribution < -0.4 is 0 Å². The van der Waals surface area contributed by atoms with E-state index in [2.05, 4.69) is 12.7 Å². The third kappa shape index (κ3) is 8.94. The molecule has 13 heteroatoms. The van der Waals surface area contributed by atoms with E-state index in [1.54, 1.807) is 27.0 Å². The molecular weight excluding hydrogens is 664 g/mol. The normalized spacial score (nSPS) is 37.3. The number of methoxy groups -OCH3 is 1. The second kappa shape index (κ2) is 16.6. The lowest BCUT2D eigenvalue weighted by Crippen LogP contribution is -2.62. The van der Waals surface area contributed by atoms with Gasteiger partial charge in [0.05, 0.1) is 31.5 Å². The van der Waals surface area contributed by atoms with Crippen LogP contribution in [0.25, 0.3) is 0 Å². The lowest BCUT2D eigenvalue weighted by atomic mass is 9.68. The van der Waals surface area contributed by atoms with Crippen LogP contribution in [0, 0.1) is 29.1 Å². The fourth-order valence-corrected chi connectivity index (χ4v) is 8.23. The van der Waals surface area contributed by atoms with Crippen molar-refractivity contribution in [1.29, 1.82) is 0 Å². The van der Waals surface area contributed by atoms with Crippen LogP contribution >= 0.6 is 0 Å². The molecule has 13 nitrogen and oxygen atoms in total. The number of carbonyl (C=O) groups excluding carboxylic acids is 3. The molecule has 0 spiro atoms. The third-order valence-corrected chi connectivity index (χ3v) is 11.1. The third-order valence-electron chi connectivity index (χ3n) is 11.1. The second-order valence-corrected chi connectivity index (χ2v) is 15.3. The van der Waals surface area contributed by atoms with E-state index in [0.29, 0.717) is 12.2 Å². The predicted octanol–water partition coefficient (Wildman–Crippen LogP) is 3.18. The van der Waals surface area contributed by atoms with Gasteiger partial charge in [-0.25, -0.2) is 0 Å². The molecule has 1 saturated carbocycles. The molecule has 51 heavy (non-hydrogen) atoms. The minimum absolute atomic E-state index is 0.0325. The van der Waals surface area contributed by atoms with Gasteiger partial charge in [-0.3, -0.25) is 14.4 Å². The van der Waals surface area contributed by atoms with Gasteiger partial charge < -0.3 is 48.5 Å². The van der Waals surface area contributed by atoms with Crippen LogP contribution in [0.5, 0.6) is 0 Å². The number of fused-ring (bicyclic) bond motifs is 2. The summed E-state index contributed by atoms with van der Waals surface area (Å²) in [7, 11) is 1.66. The molecule has 3 N–H and O–H groups in total. The van der Waals surface area contributed by atoms with Crippen molar-refractivity contribution in [3.63, 3.8) is 0 Å². The molecule has 0 aromatic carbocycles. The highest BCUT2D eigenvalue weighted by Gasteiger charge is 2.57. The van der Waals surface area contributed by atoms with Gasteiger partial charge in [0, 0.05) is 51.6 Å². The van der Waals surface area contributed by atoms with Crippen molar-refractivity contribution in [2.45, 2.75) is 129 Å². The maximum Gasteiger partial charge on any atom is 0.303 e. The van der Waals surface area contributed by atoms with Crippen molar-refractivity contribution < 1.29 is 62.9 Å². The number of ether oxygens (including phenoxy) is 7. The molecule has 0 aromatic rings. The molecule has 4 rings (SSSR count). The molecular formula is C38H58O13. The van der Waals surface area contributed by atoms with Crippen LogP contribution in [0.3, 0.4) is 0 Å². The lowest BCUT2D eigenvalue weighted by molar-refractivity contribution is -0.320. The van der Waals surface area contributed by atoms with Crippen LogP contribution in [0.1, 0.15) is 74.7 Å². The Balaban J connectivity index is 1.86. The van der Waals surface area contributed by atoms with E-state index in [-0.39, 0.29) is 43.3 Å². The Bertz CT molecular complexity index is 1350. The van der Waals surface area contributed by atoms with E-state index in [1.165, 1.54) is 20.8 Å². The minimum Gasteiger partial charge on any atom is -0.465 e. The van der Waals surface area contributed by atoms with Gasteiger partial charge >= 0.3 is 17.9 Å². The molecule has 1 aliphatic heterocycles. The summed E-state index contributed by atoms with van der Waals surface area (Å²) in [5.41, 5.74) is 0.705. The number of aliphatic hydroxyl groups is 3. The van der Waals surface area contributed by atoms with Crippen LogP contribution in [0.2, 0.25) is 0 Å². The molecule has 1 saturated heterocycles. The van der Waals surface area contributed by atoms with Gasteiger partial charge in [-0.05, 0) is 51.0 Å². The van der Waals surface area contributed by atoms with Crippen LogP contribution in [0.15, 0.2) is 35.5 Å². The van der Waals surface area contributed by atoms with E-state index < -0.39 is 77.9 Å². The van der Waals surface area contributed by atoms with Crippen molar-refractivity contribution in [3.05, 3.63) is 35.5 Å². The fraction of sp³-hybridized carbons (Fsp3) is 0.763. The van der Waals surface area contributed by atoms with Crippen LogP contribution in [-0.4, -0.2) is 115 Å². The van der Waals surface area contributed by atoms with Gasteiger partial charge in [-0.2, -0.15) is 0 Å². The Morgan fingerprint density at radius 2 is 1.71 bits per heavy atom. The van der Waals surface area contributed by atoms with Crippen molar-refractivity contribution in [1.82, 2.24) is 0 Å². The van der Waals surface area contributed by atoms with Gasteiger partial charge in [0.25, 0.3) is 0 Å². The van der Waals surface area contributed by atoms with Crippen LogP contribution in [0.4, 0.5) is 0 Å². The van der Waals surface area contributed by atoms with Gasteiger partial charge in [0.1, 0.15) is 30.5 Å². The van der Waals surface area contributed by atoms with Gasteiger partial charge in [0.15, 0.2) is 12.4 Å². The zero-order valence-electron chi connectivity index (χ0n) is 31.5. The summed E-state index contributed by atoms with van der Waals surface area (Å²) in [5.74, 6) is -2.30. The summed E-state index contributed by atoms with van der Waals surface area (Å²) >= 11 is 0. The number of hydrogen-bond donors (Lipinski definition) is 3. The van der Waals surface area contributed by atoms with Crippen molar-refractivity contribution in [2.75, 3.05) is 26.9 Å². The minimum atomic E-state index is -1.70. The monoisotopic (exact) mass is 722 g/mol. The maximum atomic E-state index is 12.6. The molecule has 0 radical (unpaired) electrons. The zero-order valence-corrected chi connectivity index (χ0v) is 31.5. The topological polar surface area (TPSA) is 177 Å². The molecule has 4 aliphatic rings. The quantitative estimate of drug-likeness (QED) is 0.144. The molecule has 0 bridgehead atoms. The maximum absolute atomic E-state index is 12.6. The lowest BCUT2D eigenvalue weighted by Gasteiger charge is -2.47. The van der Waals surface area contributed by atoms with E-state index >= 15 is 0 Å². The largest absolute Gasteiger partial charge is 0.465 e. The summed E-state index contributed by atoms with van der Waals surface area (Å²) in [4.78, 5) is 36.5. The number of hydrogen-bond acceptors (Lipinski definition) is 13. The van der Waals surface area contributed by atoms with Gasteiger partial charge in [-0.15, -0.1) is 6.58 Å². The highest BCUT2D eigenvalue weighted by Crippen LogP contribution is 2.56. The van der Waals surface area contributed by atoms with Gasteiger partial charge in [0.2, 0.25) is 0 Å². The first kappa shape index (κ1) is 41.1. The van der Waals surface area contributed by atoms with E-state index in [0.717, 1.165) is 24.0 Å². The average Bonchev–Trinajstić information content (AvgIpc) is 3.56. The summed E-state index contributed by atoms with van der Waals surface area (Å²) in [6.45, 7) is 17.4. The summed E-state index contributed by atoms with van der Waals surface area (Å²) < 4.78 is 41.4. The molecule has 0 amide bonds. The number of rotatable bonds is 13. The summed E-state index contributed by atoms with van der Waals surface area (Å²) in [6, 6.07) is 0. The standard InChI is InChI=1S/C38H58O13/c1-11-37(7,8)47-18-28-34(49-23(6)41)32(43)33(44)36(50-28)51-35-30-26(19(2)16-46-21(4)39)14-29(48-22(5)40)38(30,9)15-27-24(17-45-10)12-13-25(27)20(3)31(35)42/h11,15,19-20,24-25,28-29,31-36,42-44H,1,12-14,16-18H2,2-10H3/t19-,20-,24-,25+,28-,29+,31-,32-,33+,34-,35-,36-,38+/m1/s1. The van der Waals surface area contributed by atoms with E-state index in [9.17, 15) is 29.7 Å². The number of carbonyl (C=O) groups is 3. The Hall–Kier alpha value is -2.65. The van der Waals surface area contributed by atoms with Crippen molar-refractivity contribution in [2.24, 2.45) is 29.1 Å². The van der Waals surface area contributed by atoms with Gasteiger partial charge in [-0.1, -0.05) is 37.1 Å². The van der Waals surface area contributed by atoms with Crippen molar-refractivity contribution in [3.8, 4) is 0 Å². The van der Waals surface area contributed by atoms with Crippen molar-refractivity contribution >= 4 is 17.9 Å². The second-order valence-electron chi connectivity index (χ2n) is 15.3. The number of aliphatic hydroxyl groups excluding tert-OH is 3.